The van der Waals surface area contributed by atoms with E-state index in [0.717, 1.165) is 24.3 Å². The molecule has 3 heteroatoms. The molecule has 0 amide bonds. The zero-order valence-electron chi connectivity index (χ0n) is 8.61. The summed E-state index contributed by atoms with van der Waals surface area (Å²) >= 11 is 0. The molecule has 2 unspecified atom stereocenters. The van der Waals surface area contributed by atoms with E-state index >= 15 is 0 Å². The van der Waals surface area contributed by atoms with Gasteiger partial charge in [0, 0.05) is 19.3 Å². The van der Waals surface area contributed by atoms with Gasteiger partial charge < -0.3 is 5.32 Å². The van der Waals surface area contributed by atoms with Crippen LogP contribution in [-0.2, 0) is 13.5 Å². The summed E-state index contributed by atoms with van der Waals surface area (Å²) < 4.78 is 1.89. The maximum absolute atomic E-state index is 4.20. The highest BCUT2D eigenvalue weighted by atomic mass is 15.2. The number of aromatic nitrogens is 2. The molecule has 3 rings (SSSR count). The summed E-state index contributed by atoms with van der Waals surface area (Å²) in [6, 6.07) is 0.728. The predicted octanol–water partition coefficient (Wildman–Crippen LogP) is 0.961. The minimum absolute atomic E-state index is 0.728. The number of nitrogens with zero attached hydrogens (tertiary/aromatic N) is 2. The third-order valence-electron chi connectivity index (χ3n) is 3.57. The molecule has 1 saturated heterocycles. The number of nitrogens with one attached hydrogen (secondary N) is 1. The first-order valence-electron chi connectivity index (χ1n) is 5.54. The SMILES string of the molecule is Cn1cc(CC2NCC2C2CC2)cn1. The van der Waals surface area contributed by atoms with Crippen molar-refractivity contribution in [2.45, 2.75) is 25.3 Å². The quantitative estimate of drug-likeness (QED) is 0.771. The second-order valence-corrected chi connectivity index (χ2v) is 4.74. The summed E-state index contributed by atoms with van der Waals surface area (Å²) in [6.45, 7) is 1.25. The van der Waals surface area contributed by atoms with E-state index in [9.17, 15) is 0 Å². The molecule has 3 nitrogen and oxygen atoms in total. The van der Waals surface area contributed by atoms with E-state index in [0.29, 0.717) is 0 Å². The maximum atomic E-state index is 4.20. The second kappa shape index (κ2) is 3.09. The average Bonchev–Trinajstić information content (AvgIpc) is 2.84. The van der Waals surface area contributed by atoms with E-state index in [-0.39, 0.29) is 0 Å². The minimum Gasteiger partial charge on any atom is -0.313 e. The standard InChI is InChI=1S/C11H17N3/c1-14-7-8(5-13-14)4-11-10(6-12-11)9-2-3-9/h5,7,9-12H,2-4,6H2,1H3. The lowest BCUT2D eigenvalue weighted by Crippen LogP contribution is -2.54. The van der Waals surface area contributed by atoms with Crippen LogP contribution in [0.4, 0.5) is 0 Å². The Labute approximate surface area is 84.5 Å². The second-order valence-electron chi connectivity index (χ2n) is 4.74. The van der Waals surface area contributed by atoms with Crippen LogP contribution in [0.3, 0.4) is 0 Å². The highest BCUT2D eigenvalue weighted by Gasteiger charge is 2.41. The molecule has 2 atom stereocenters. The topological polar surface area (TPSA) is 29.9 Å². The van der Waals surface area contributed by atoms with Crippen molar-refractivity contribution in [2.24, 2.45) is 18.9 Å². The molecule has 14 heavy (non-hydrogen) atoms. The van der Waals surface area contributed by atoms with Crippen molar-refractivity contribution in [3.05, 3.63) is 18.0 Å². The molecule has 1 aliphatic heterocycles. The first kappa shape index (κ1) is 8.48. The van der Waals surface area contributed by atoms with Gasteiger partial charge >= 0.3 is 0 Å². The highest BCUT2D eigenvalue weighted by Crippen LogP contribution is 2.41. The molecule has 0 radical (unpaired) electrons. The first-order valence-corrected chi connectivity index (χ1v) is 5.54. The molecule has 1 N–H and O–H groups in total. The van der Waals surface area contributed by atoms with Gasteiger partial charge in [0.15, 0.2) is 0 Å². The van der Waals surface area contributed by atoms with Gasteiger partial charge in [-0.2, -0.15) is 5.10 Å². The molecule has 0 spiro atoms. The summed E-state index contributed by atoms with van der Waals surface area (Å²) in [6.07, 6.45) is 8.22. The van der Waals surface area contributed by atoms with Gasteiger partial charge in [0.25, 0.3) is 0 Å². The molecule has 1 saturated carbocycles. The normalized spacial score (nSPS) is 31.5. The molecular weight excluding hydrogens is 174 g/mol. The van der Waals surface area contributed by atoms with Crippen molar-refractivity contribution in [1.82, 2.24) is 15.1 Å². The van der Waals surface area contributed by atoms with Gasteiger partial charge in [-0.05, 0) is 43.2 Å². The van der Waals surface area contributed by atoms with Crippen molar-refractivity contribution in [3.63, 3.8) is 0 Å². The van der Waals surface area contributed by atoms with Crippen LogP contribution in [0, 0.1) is 11.8 Å². The van der Waals surface area contributed by atoms with Gasteiger partial charge in [-0.1, -0.05) is 0 Å². The monoisotopic (exact) mass is 191 g/mol. The lowest BCUT2D eigenvalue weighted by Gasteiger charge is -2.38. The van der Waals surface area contributed by atoms with Gasteiger partial charge in [-0.3, -0.25) is 4.68 Å². The van der Waals surface area contributed by atoms with Crippen LogP contribution in [0.5, 0.6) is 0 Å². The fourth-order valence-corrected chi connectivity index (χ4v) is 2.49. The van der Waals surface area contributed by atoms with Gasteiger partial charge in [0.1, 0.15) is 0 Å². The lowest BCUT2D eigenvalue weighted by atomic mass is 9.84. The molecule has 0 aromatic carbocycles. The van der Waals surface area contributed by atoms with Crippen molar-refractivity contribution < 1.29 is 0 Å². The molecule has 1 aromatic rings. The van der Waals surface area contributed by atoms with Gasteiger partial charge in [0.2, 0.25) is 0 Å². The molecule has 76 valence electrons. The van der Waals surface area contributed by atoms with Crippen molar-refractivity contribution in [2.75, 3.05) is 6.54 Å². The number of rotatable bonds is 3. The molecule has 2 heterocycles. The summed E-state index contributed by atoms with van der Waals surface area (Å²) in [5, 5.41) is 7.74. The van der Waals surface area contributed by atoms with Gasteiger partial charge in [-0.25, -0.2) is 0 Å². The molecule has 0 bridgehead atoms. The summed E-state index contributed by atoms with van der Waals surface area (Å²) in [7, 11) is 1.98. The third-order valence-corrected chi connectivity index (χ3v) is 3.57. The molecule has 1 aliphatic carbocycles. The Morgan fingerprint density at radius 2 is 2.43 bits per heavy atom. The van der Waals surface area contributed by atoms with E-state index in [1.807, 2.05) is 17.9 Å². The molecule has 1 aromatic heterocycles. The average molecular weight is 191 g/mol. The summed E-state index contributed by atoms with van der Waals surface area (Å²) in [5.41, 5.74) is 1.37. The number of hydrogen-bond acceptors (Lipinski definition) is 2. The van der Waals surface area contributed by atoms with E-state index in [2.05, 4.69) is 16.6 Å². The van der Waals surface area contributed by atoms with E-state index in [4.69, 9.17) is 0 Å². The highest BCUT2D eigenvalue weighted by molar-refractivity contribution is 5.10. The van der Waals surface area contributed by atoms with Crippen LogP contribution >= 0.6 is 0 Å². The van der Waals surface area contributed by atoms with E-state index in [1.165, 1.54) is 24.9 Å². The lowest BCUT2D eigenvalue weighted by molar-refractivity contribution is 0.202. The van der Waals surface area contributed by atoms with Crippen LogP contribution < -0.4 is 5.32 Å². The fourth-order valence-electron chi connectivity index (χ4n) is 2.49. The largest absolute Gasteiger partial charge is 0.313 e. The summed E-state index contributed by atoms with van der Waals surface area (Å²) in [5.74, 6) is 1.99. The van der Waals surface area contributed by atoms with E-state index in [1.54, 1.807) is 0 Å². The Balaban J connectivity index is 1.61. The Morgan fingerprint density at radius 3 is 2.93 bits per heavy atom. The Hall–Kier alpha value is -0.830. The Kier molecular flexibility index (Phi) is 1.87. The zero-order valence-corrected chi connectivity index (χ0v) is 8.61. The summed E-state index contributed by atoms with van der Waals surface area (Å²) in [4.78, 5) is 0. The van der Waals surface area contributed by atoms with Crippen molar-refractivity contribution in [3.8, 4) is 0 Å². The smallest absolute Gasteiger partial charge is 0.0522 e. The van der Waals surface area contributed by atoms with Crippen molar-refractivity contribution in [1.29, 1.82) is 0 Å². The maximum Gasteiger partial charge on any atom is 0.0522 e. The van der Waals surface area contributed by atoms with Crippen LogP contribution in [0.2, 0.25) is 0 Å². The van der Waals surface area contributed by atoms with Gasteiger partial charge in [0.05, 0.1) is 6.20 Å². The Morgan fingerprint density at radius 1 is 1.57 bits per heavy atom. The molecule has 2 aliphatic rings. The van der Waals surface area contributed by atoms with Crippen LogP contribution in [0.15, 0.2) is 12.4 Å². The number of hydrogen-bond donors (Lipinski definition) is 1. The van der Waals surface area contributed by atoms with Gasteiger partial charge in [-0.15, -0.1) is 0 Å². The Bertz CT molecular complexity index is 327. The molecular formula is C11H17N3. The van der Waals surface area contributed by atoms with E-state index < -0.39 is 0 Å². The predicted molar refractivity (Wildman–Crippen MR) is 54.9 cm³/mol. The molecule has 2 fully saturated rings. The minimum atomic E-state index is 0.728. The van der Waals surface area contributed by atoms with Crippen LogP contribution in [0.25, 0.3) is 0 Å². The fraction of sp³-hybridized carbons (Fsp3) is 0.727. The zero-order chi connectivity index (χ0) is 9.54. The van der Waals surface area contributed by atoms with Crippen LogP contribution in [-0.4, -0.2) is 22.4 Å². The van der Waals surface area contributed by atoms with Crippen LogP contribution in [0.1, 0.15) is 18.4 Å². The third kappa shape index (κ3) is 1.46. The first-order chi connectivity index (χ1) is 6.83. The van der Waals surface area contributed by atoms with Crippen molar-refractivity contribution >= 4 is 0 Å². The number of aryl methyl sites for hydroxylation is 1.